The molecule has 2 aromatic carbocycles. The van der Waals surface area contributed by atoms with Crippen LogP contribution >= 0.6 is 0 Å². The van der Waals surface area contributed by atoms with E-state index in [0.717, 1.165) is 0 Å². The third-order valence-electron chi connectivity index (χ3n) is 4.00. The van der Waals surface area contributed by atoms with Crippen LogP contribution in [0, 0.1) is 0 Å². The second kappa shape index (κ2) is 10.7. The molecule has 9 heteroatoms. The van der Waals surface area contributed by atoms with Gasteiger partial charge in [-0.25, -0.2) is 0 Å². The molecule has 9 nitrogen and oxygen atoms in total. The van der Waals surface area contributed by atoms with Crippen molar-refractivity contribution in [2.24, 2.45) is 0 Å². The van der Waals surface area contributed by atoms with E-state index in [0.29, 0.717) is 11.1 Å². The molecule has 0 aliphatic carbocycles. The summed E-state index contributed by atoms with van der Waals surface area (Å²) >= 11 is 0. The molecule has 29 heavy (non-hydrogen) atoms. The van der Waals surface area contributed by atoms with Gasteiger partial charge in [-0.05, 0) is 23.3 Å². The molecule has 0 spiro atoms. The molecule has 0 aliphatic heterocycles. The van der Waals surface area contributed by atoms with Crippen molar-refractivity contribution in [3.63, 3.8) is 0 Å². The van der Waals surface area contributed by atoms with E-state index in [1.807, 2.05) is 0 Å². The smallest absolute Gasteiger partial charge is 0.247 e. The Hall–Kier alpha value is -3.59. The number of methoxy groups -OCH3 is 1. The van der Waals surface area contributed by atoms with Gasteiger partial charge in [0.25, 0.3) is 0 Å². The molecular weight excluding hydrogens is 378 g/mol. The lowest BCUT2D eigenvalue weighted by molar-refractivity contribution is -0.131. The van der Waals surface area contributed by atoms with E-state index in [2.05, 4.69) is 16.0 Å². The minimum atomic E-state index is -1.04. The summed E-state index contributed by atoms with van der Waals surface area (Å²) in [6.07, 6.45) is 0. The Morgan fingerprint density at radius 3 is 2.41 bits per heavy atom. The summed E-state index contributed by atoms with van der Waals surface area (Å²) in [5.74, 6) is -1.45. The predicted octanol–water partition coefficient (Wildman–Crippen LogP) is -0.0170. The van der Waals surface area contributed by atoms with E-state index in [1.54, 1.807) is 42.5 Å². The largest absolute Gasteiger partial charge is 0.504 e. The fourth-order valence-electron chi connectivity index (χ4n) is 2.52. The van der Waals surface area contributed by atoms with Crippen LogP contribution in [0.4, 0.5) is 0 Å². The summed E-state index contributed by atoms with van der Waals surface area (Å²) < 4.78 is 5.01. The topological polar surface area (TPSA) is 137 Å². The predicted molar refractivity (Wildman–Crippen MR) is 104 cm³/mol. The van der Waals surface area contributed by atoms with Crippen molar-refractivity contribution in [1.29, 1.82) is 0 Å². The highest BCUT2D eigenvalue weighted by Gasteiger charge is 2.22. The highest BCUT2D eigenvalue weighted by molar-refractivity contribution is 5.91. The van der Waals surface area contributed by atoms with Gasteiger partial charge in [0, 0.05) is 6.54 Å². The highest BCUT2D eigenvalue weighted by atomic mass is 16.5. The number of benzene rings is 2. The van der Waals surface area contributed by atoms with Crippen molar-refractivity contribution in [1.82, 2.24) is 16.0 Å². The van der Waals surface area contributed by atoms with Crippen LogP contribution in [-0.2, 0) is 20.9 Å². The van der Waals surface area contributed by atoms with Crippen LogP contribution in [0.3, 0.4) is 0 Å². The number of phenols is 1. The monoisotopic (exact) mass is 401 g/mol. The number of carbonyl (C=O) groups excluding carboxylic acids is 3. The molecule has 2 aromatic rings. The Balaban J connectivity index is 1.91. The van der Waals surface area contributed by atoms with Gasteiger partial charge in [0.05, 0.1) is 13.7 Å². The van der Waals surface area contributed by atoms with Crippen molar-refractivity contribution < 1.29 is 29.3 Å². The standard InChI is InChI=1S/C20H23N3O6/c1-29-16-9-13(7-8-15(16)25)10-21-17(26)11-22-20(28)19(23-18(27)12-24)14-5-3-2-4-6-14/h2-9,19,24-25H,10-12H2,1H3,(H,21,26)(H,22,28)(H,23,27)/t19-/m1/s1. The molecule has 3 amide bonds. The Kier molecular flexibility index (Phi) is 7.99. The van der Waals surface area contributed by atoms with E-state index in [-0.39, 0.29) is 24.6 Å². The van der Waals surface area contributed by atoms with E-state index < -0.39 is 30.4 Å². The number of phenolic OH excluding ortho intramolecular Hbond substituents is 1. The molecule has 5 N–H and O–H groups in total. The molecule has 0 heterocycles. The first-order valence-electron chi connectivity index (χ1n) is 8.80. The van der Waals surface area contributed by atoms with Crippen LogP contribution in [-0.4, -0.2) is 48.2 Å². The summed E-state index contributed by atoms with van der Waals surface area (Å²) in [5, 5.41) is 26.0. The zero-order chi connectivity index (χ0) is 21.2. The van der Waals surface area contributed by atoms with Crippen molar-refractivity contribution in [3.05, 3.63) is 59.7 Å². The van der Waals surface area contributed by atoms with Crippen LogP contribution in [0.5, 0.6) is 11.5 Å². The van der Waals surface area contributed by atoms with Gasteiger partial charge >= 0.3 is 0 Å². The van der Waals surface area contributed by atoms with Gasteiger partial charge in [0.15, 0.2) is 11.5 Å². The first kappa shape index (κ1) is 21.7. The van der Waals surface area contributed by atoms with E-state index in [1.165, 1.54) is 13.2 Å². The molecule has 1 atom stereocenters. The Labute approximate surface area is 167 Å². The summed E-state index contributed by atoms with van der Waals surface area (Å²) in [6.45, 7) is -0.881. The quantitative estimate of drug-likeness (QED) is 0.401. The lowest BCUT2D eigenvalue weighted by atomic mass is 10.1. The Morgan fingerprint density at radius 1 is 1.03 bits per heavy atom. The molecule has 0 unspecified atom stereocenters. The lowest BCUT2D eigenvalue weighted by Gasteiger charge is -2.18. The number of aromatic hydroxyl groups is 1. The second-order valence-corrected chi connectivity index (χ2v) is 6.07. The average molecular weight is 401 g/mol. The van der Waals surface area contributed by atoms with Crippen molar-refractivity contribution in [2.45, 2.75) is 12.6 Å². The molecular formula is C20H23N3O6. The summed E-state index contributed by atoms with van der Waals surface area (Å²) in [7, 11) is 1.42. The normalized spacial score (nSPS) is 11.2. The Morgan fingerprint density at radius 2 is 1.76 bits per heavy atom. The van der Waals surface area contributed by atoms with Gasteiger partial charge < -0.3 is 30.9 Å². The third-order valence-corrected chi connectivity index (χ3v) is 4.00. The van der Waals surface area contributed by atoms with Gasteiger partial charge in [-0.1, -0.05) is 36.4 Å². The van der Waals surface area contributed by atoms with Crippen LogP contribution in [0.25, 0.3) is 0 Å². The third kappa shape index (κ3) is 6.51. The van der Waals surface area contributed by atoms with Crippen LogP contribution in [0.1, 0.15) is 17.2 Å². The van der Waals surface area contributed by atoms with Crippen LogP contribution in [0.2, 0.25) is 0 Å². The second-order valence-electron chi connectivity index (χ2n) is 6.07. The number of hydrogen-bond acceptors (Lipinski definition) is 6. The van der Waals surface area contributed by atoms with Gasteiger partial charge in [-0.2, -0.15) is 0 Å². The van der Waals surface area contributed by atoms with Crippen molar-refractivity contribution >= 4 is 17.7 Å². The zero-order valence-electron chi connectivity index (χ0n) is 15.8. The van der Waals surface area contributed by atoms with Crippen LogP contribution < -0.4 is 20.7 Å². The van der Waals surface area contributed by atoms with Crippen LogP contribution in [0.15, 0.2) is 48.5 Å². The number of rotatable bonds is 9. The van der Waals surface area contributed by atoms with Gasteiger partial charge in [-0.3, -0.25) is 14.4 Å². The summed E-state index contributed by atoms with van der Waals surface area (Å²) in [6, 6.07) is 12.1. The van der Waals surface area contributed by atoms with Crippen molar-refractivity contribution in [2.75, 3.05) is 20.3 Å². The van der Waals surface area contributed by atoms with E-state index in [4.69, 9.17) is 9.84 Å². The number of ether oxygens (including phenoxy) is 1. The molecule has 0 bridgehead atoms. The molecule has 0 saturated heterocycles. The van der Waals surface area contributed by atoms with Gasteiger partial charge in [-0.15, -0.1) is 0 Å². The fourth-order valence-corrected chi connectivity index (χ4v) is 2.52. The maximum absolute atomic E-state index is 12.5. The molecule has 0 aliphatic rings. The molecule has 0 radical (unpaired) electrons. The maximum atomic E-state index is 12.5. The average Bonchev–Trinajstić information content (AvgIpc) is 2.75. The first-order valence-corrected chi connectivity index (χ1v) is 8.80. The minimum Gasteiger partial charge on any atom is -0.504 e. The summed E-state index contributed by atoms with van der Waals surface area (Å²) in [4.78, 5) is 36.0. The zero-order valence-corrected chi connectivity index (χ0v) is 15.8. The SMILES string of the molecule is COc1cc(CNC(=O)CNC(=O)[C@H](NC(=O)CO)c2ccccc2)ccc1O. The molecule has 0 saturated carbocycles. The molecule has 0 aromatic heterocycles. The number of aliphatic hydroxyl groups excluding tert-OH is 1. The van der Waals surface area contributed by atoms with Gasteiger partial charge in [0.2, 0.25) is 17.7 Å². The summed E-state index contributed by atoms with van der Waals surface area (Å²) in [5.41, 5.74) is 1.22. The van der Waals surface area contributed by atoms with E-state index in [9.17, 15) is 19.5 Å². The molecule has 2 rings (SSSR count). The Bertz CT molecular complexity index is 857. The molecule has 154 valence electrons. The van der Waals surface area contributed by atoms with Gasteiger partial charge in [0.1, 0.15) is 12.6 Å². The van der Waals surface area contributed by atoms with Crippen molar-refractivity contribution in [3.8, 4) is 11.5 Å². The number of carbonyl (C=O) groups is 3. The van der Waals surface area contributed by atoms with E-state index >= 15 is 0 Å². The number of aliphatic hydroxyl groups is 1. The lowest BCUT2D eigenvalue weighted by Crippen LogP contribution is -2.44. The first-order chi connectivity index (χ1) is 13.9. The number of nitrogens with one attached hydrogen (secondary N) is 3. The number of amides is 3. The highest BCUT2D eigenvalue weighted by Crippen LogP contribution is 2.26. The molecule has 0 fully saturated rings. The minimum absolute atomic E-state index is 0.00767. The number of hydrogen-bond donors (Lipinski definition) is 5. The fraction of sp³-hybridized carbons (Fsp3) is 0.250. The maximum Gasteiger partial charge on any atom is 0.247 e.